The molecule has 1 aromatic heterocycles. The van der Waals surface area contributed by atoms with Crippen molar-refractivity contribution >= 4 is 16.5 Å². The van der Waals surface area contributed by atoms with E-state index in [2.05, 4.69) is 29.4 Å². The molecule has 0 radical (unpaired) electrons. The lowest BCUT2D eigenvalue weighted by Gasteiger charge is -2.22. The fraction of sp³-hybridized carbons (Fsp3) is 0.769. The molecule has 0 amide bonds. The highest BCUT2D eigenvalue weighted by Crippen LogP contribution is 2.29. The van der Waals surface area contributed by atoms with Crippen LogP contribution in [0.5, 0.6) is 0 Å². The Labute approximate surface area is 108 Å². The van der Waals surface area contributed by atoms with Crippen LogP contribution < -0.4 is 10.2 Å². The van der Waals surface area contributed by atoms with Crippen LogP contribution >= 0.6 is 11.3 Å². The summed E-state index contributed by atoms with van der Waals surface area (Å²) in [6, 6.07) is 0.720. The predicted octanol–water partition coefficient (Wildman–Crippen LogP) is 3.02. The summed E-state index contributed by atoms with van der Waals surface area (Å²) >= 11 is 1.80. The average molecular weight is 253 g/mol. The molecule has 2 heterocycles. The van der Waals surface area contributed by atoms with Crippen LogP contribution in [0.2, 0.25) is 0 Å². The Morgan fingerprint density at radius 1 is 1.53 bits per heavy atom. The molecule has 1 aliphatic heterocycles. The van der Waals surface area contributed by atoms with E-state index in [1.165, 1.54) is 43.1 Å². The highest BCUT2D eigenvalue weighted by atomic mass is 32.1. The number of aromatic nitrogens is 1. The summed E-state index contributed by atoms with van der Waals surface area (Å²) in [5.74, 6) is 0. The number of rotatable bonds is 6. The average Bonchev–Trinajstić information content (AvgIpc) is 2.96. The normalized spacial score (nSPS) is 20.1. The minimum atomic E-state index is 0.720. The Balaban J connectivity index is 1.93. The highest BCUT2D eigenvalue weighted by Gasteiger charge is 2.24. The van der Waals surface area contributed by atoms with Crippen molar-refractivity contribution < 1.29 is 0 Å². The SMILES string of the molecule is CCCNCc1csc(N2CCCC2CC)n1. The van der Waals surface area contributed by atoms with Gasteiger partial charge in [-0.1, -0.05) is 13.8 Å². The maximum atomic E-state index is 4.74. The molecule has 1 fully saturated rings. The lowest BCUT2D eigenvalue weighted by molar-refractivity contribution is 0.640. The summed E-state index contributed by atoms with van der Waals surface area (Å²) in [6.07, 6.45) is 5.07. The fourth-order valence-electron chi connectivity index (χ4n) is 2.41. The van der Waals surface area contributed by atoms with Crippen LogP contribution in [0.3, 0.4) is 0 Å². The van der Waals surface area contributed by atoms with Gasteiger partial charge >= 0.3 is 0 Å². The van der Waals surface area contributed by atoms with Gasteiger partial charge in [-0.15, -0.1) is 11.3 Å². The minimum absolute atomic E-state index is 0.720. The van der Waals surface area contributed by atoms with Gasteiger partial charge < -0.3 is 10.2 Å². The fourth-order valence-corrected chi connectivity index (χ4v) is 3.34. The van der Waals surface area contributed by atoms with Crippen molar-refractivity contribution in [1.29, 1.82) is 0 Å². The molecule has 0 saturated carbocycles. The Bertz CT molecular complexity index is 337. The quantitative estimate of drug-likeness (QED) is 0.790. The van der Waals surface area contributed by atoms with E-state index in [1.54, 1.807) is 11.3 Å². The lowest BCUT2D eigenvalue weighted by Crippen LogP contribution is -2.28. The number of hydrogen-bond donors (Lipinski definition) is 1. The first-order chi connectivity index (χ1) is 8.35. The number of hydrogen-bond acceptors (Lipinski definition) is 4. The van der Waals surface area contributed by atoms with Crippen molar-refractivity contribution in [1.82, 2.24) is 10.3 Å². The second kappa shape index (κ2) is 6.36. The first kappa shape index (κ1) is 12.8. The third kappa shape index (κ3) is 3.19. The van der Waals surface area contributed by atoms with E-state index in [1.807, 2.05) is 0 Å². The van der Waals surface area contributed by atoms with Gasteiger partial charge in [-0.2, -0.15) is 0 Å². The van der Waals surface area contributed by atoms with Gasteiger partial charge in [0.1, 0.15) is 0 Å². The Hall–Kier alpha value is -0.610. The Morgan fingerprint density at radius 2 is 2.41 bits per heavy atom. The monoisotopic (exact) mass is 253 g/mol. The van der Waals surface area contributed by atoms with Crippen LogP contribution in [-0.4, -0.2) is 24.1 Å². The predicted molar refractivity (Wildman–Crippen MR) is 74.8 cm³/mol. The molecule has 1 saturated heterocycles. The molecule has 4 heteroatoms. The van der Waals surface area contributed by atoms with Gasteiger partial charge in [0.25, 0.3) is 0 Å². The molecule has 2 rings (SSSR count). The number of nitrogens with one attached hydrogen (secondary N) is 1. The zero-order chi connectivity index (χ0) is 12.1. The van der Waals surface area contributed by atoms with Gasteiger partial charge in [0.2, 0.25) is 0 Å². The second-order valence-electron chi connectivity index (χ2n) is 4.70. The molecule has 1 aliphatic rings. The molecule has 0 aliphatic carbocycles. The largest absolute Gasteiger partial charge is 0.345 e. The van der Waals surface area contributed by atoms with Crippen molar-refractivity contribution in [2.24, 2.45) is 0 Å². The Kier molecular flexibility index (Phi) is 4.80. The van der Waals surface area contributed by atoms with Gasteiger partial charge in [-0.3, -0.25) is 0 Å². The summed E-state index contributed by atoms with van der Waals surface area (Å²) in [4.78, 5) is 7.24. The number of nitrogens with zero attached hydrogens (tertiary/aromatic N) is 2. The molecule has 1 aromatic rings. The molecule has 96 valence electrons. The molecular formula is C13H23N3S. The summed E-state index contributed by atoms with van der Waals surface area (Å²) in [6.45, 7) is 7.65. The minimum Gasteiger partial charge on any atom is -0.345 e. The summed E-state index contributed by atoms with van der Waals surface area (Å²) in [5.41, 5.74) is 1.19. The molecule has 0 bridgehead atoms. The third-order valence-corrected chi connectivity index (χ3v) is 4.29. The number of anilines is 1. The summed E-state index contributed by atoms with van der Waals surface area (Å²) in [7, 11) is 0. The van der Waals surface area contributed by atoms with Crippen LogP contribution in [0, 0.1) is 0 Å². The van der Waals surface area contributed by atoms with Gasteiger partial charge in [0, 0.05) is 24.5 Å². The highest BCUT2D eigenvalue weighted by molar-refractivity contribution is 7.13. The van der Waals surface area contributed by atoms with E-state index in [9.17, 15) is 0 Å². The van der Waals surface area contributed by atoms with E-state index in [0.29, 0.717) is 0 Å². The van der Waals surface area contributed by atoms with Crippen molar-refractivity contribution in [2.45, 2.75) is 52.1 Å². The van der Waals surface area contributed by atoms with E-state index < -0.39 is 0 Å². The van der Waals surface area contributed by atoms with E-state index in [0.717, 1.165) is 19.1 Å². The maximum absolute atomic E-state index is 4.74. The molecule has 0 spiro atoms. The van der Waals surface area contributed by atoms with E-state index >= 15 is 0 Å². The molecule has 0 aromatic carbocycles. The van der Waals surface area contributed by atoms with Crippen LogP contribution in [0.25, 0.3) is 0 Å². The summed E-state index contributed by atoms with van der Waals surface area (Å²) < 4.78 is 0. The van der Waals surface area contributed by atoms with Gasteiger partial charge in [-0.05, 0) is 32.2 Å². The molecule has 1 N–H and O–H groups in total. The van der Waals surface area contributed by atoms with Crippen molar-refractivity contribution in [3.8, 4) is 0 Å². The van der Waals surface area contributed by atoms with E-state index in [4.69, 9.17) is 4.98 Å². The summed E-state index contributed by atoms with van der Waals surface area (Å²) in [5, 5.41) is 6.83. The van der Waals surface area contributed by atoms with Crippen LogP contribution in [-0.2, 0) is 6.54 Å². The van der Waals surface area contributed by atoms with Crippen LogP contribution in [0.15, 0.2) is 5.38 Å². The molecule has 17 heavy (non-hydrogen) atoms. The van der Waals surface area contributed by atoms with Gasteiger partial charge in [-0.25, -0.2) is 4.98 Å². The maximum Gasteiger partial charge on any atom is 0.185 e. The van der Waals surface area contributed by atoms with Gasteiger partial charge in [0.15, 0.2) is 5.13 Å². The van der Waals surface area contributed by atoms with Crippen LogP contribution in [0.4, 0.5) is 5.13 Å². The Morgan fingerprint density at radius 3 is 3.18 bits per heavy atom. The lowest BCUT2D eigenvalue weighted by atomic mass is 10.2. The second-order valence-corrected chi connectivity index (χ2v) is 5.53. The van der Waals surface area contributed by atoms with Crippen molar-refractivity contribution in [3.63, 3.8) is 0 Å². The van der Waals surface area contributed by atoms with Crippen LogP contribution in [0.1, 0.15) is 45.2 Å². The van der Waals surface area contributed by atoms with Crippen molar-refractivity contribution in [2.75, 3.05) is 18.0 Å². The first-order valence-electron chi connectivity index (χ1n) is 6.77. The molecule has 1 atom stereocenters. The molecular weight excluding hydrogens is 230 g/mol. The van der Waals surface area contributed by atoms with Crippen molar-refractivity contribution in [3.05, 3.63) is 11.1 Å². The zero-order valence-electron chi connectivity index (χ0n) is 10.9. The van der Waals surface area contributed by atoms with Gasteiger partial charge in [0.05, 0.1) is 5.69 Å². The molecule has 3 nitrogen and oxygen atoms in total. The molecule has 1 unspecified atom stereocenters. The smallest absolute Gasteiger partial charge is 0.185 e. The van der Waals surface area contributed by atoms with E-state index in [-0.39, 0.29) is 0 Å². The first-order valence-corrected chi connectivity index (χ1v) is 7.64. The zero-order valence-corrected chi connectivity index (χ0v) is 11.7. The number of thiazole rings is 1. The standard InChI is InChI=1S/C13H23N3S/c1-3-7-14-9-11-10-17-13(15-11)16-8-5-6-12(16)4-2/h10,12,14H,3-9H2,1-2H3. The third-order valence-electron chi connectivity index (χ3n) is 3.37. The topological polar surface area (TPSA) is 28.2 Å².